The van der Waals surface area contributed by atoms with Gasteiger partial charge in [0, 0.05) is 6.04 Å². The van der Waals surface area contributed by atoms with Crippen molar-refractivity contribution in [1.29, 1.82) is 0 Å². The molecule has 5 nitrogen and oxygen atoms in total. The van der Waals surface area contributed by atoms with Crippen LogP contribution in [0.25, 0.3) is 0 Å². The number of thiocarbonyl (C=S) groups is 1. The van der Waals surface area contributed by atoms with E-state index in [4.69, 9.17) is 29.6 Å². The minimum atomic E-state index is -3.76. The van der Waals surface area contributed by atoms with Crippen molar-refractivity contribution < 1.29 is 8.42 Å². The molecule has 0 bridgehead atoms. The van der Waals surface area contributed by atoms with Crippen LogP contribution in [-0.4, -0.2) is 19.6 Å². The second-order valence-corrected chi connectivity index (χ2v) is 8.68. The van der Waals surface area contributed by atoms with Crippen molar-refractivity contribution in [1.82, 2.24) is 10.0 Å². The molecule has 4 N–H and O–H groups in total. The van der Waals surface area contributed by atoms with Gasteiger partial charge in [-0.25, -0.2) is 8.42 Å². The molecule has 9 heteroatoms. The monoisotopic (exact) mass is 353 g/mol. The van der Waals surface area contributed by atoms with Gasteiger partial charge in [0.2, 0.25) is 0 Å². The highest BCUT2D eigenvalue weighted by Gasteiger charge is 2.23. The zero-order valence-corrected chi connectivity index (χ0v) is 13.9. The lowest BCUT2D eigenvalue weighted by atomic mass is 9.96. The molecule has 0 saturated heterocycles. The summed E-state index contributed by atoms with van der Waals surface area (Å²) in [5.41, 5.74) is 5.76. The molecule has 0 radical (unpaired) electrons. The van der Waals surface area contributed by atoms with E-state index >= 15 is 0 Å². The molecule has 0 aliphatic heterocycles. The van der Waals surface area contributed by atoms with Crippen molar-refractivity contribution in [2.24, 2.45) is 0 Å². The van der Waals surface area contributed by atoms with Gasteiger partial charge >= 0.3 is 0 Å². The van der Waals surface area contributed by atoms with Crippen molar-refractivity contribution in [2.75, 3.05) is 5.73 Å². The first kappa shape index (κ1) is 15.8. The molecule has 1 aliphatic carbocycles. The lowest BCUT2D eigenvalue weighted by molar-refractivity contribution is 0.413. The molecule has 112 valence electrons. The molecule has 1 aromatic heterocycles. The molecular formula is C11H16ClN3O2S3. The summed E-state index contributed by atoms with van der Waals surface area (Å²) < 4.78 is 27.0. The van der Waals surface area contributed by atoms with E-state index in [-0.39, 0.29) is 21.1 Å². The summed E-state index contributed by atoms with van der Waals surface area (Å²) in [4.78, 5) is 0. The summed E-state index contributed by atoms with van der Waals surface area (Å²) in [6, 6.07) is 1.65. The number of hydrogen-bond acceptors (Lipinski definition) is 5. The highest BCUT2D eigenvalue weighted by Crippen LogP contribution is 2.32. The molecule has 0 spiro atoms. The van der Waals surface area contributed by atoms with Crippen LogP contribution in [0.15, 0.2) is 10.3 Å². The Bertz CT molecular complexity index is 594. The van der Waals surface area contributed by atoms with E-state index in [1.165, 1.54) is 12.5 Å². The Hall–Kier alpha value is -0.570. The molecule has 1 heterocycles. The summed E-state index contributed by atoms with van der Waals surface area (Å²) in [7, 11) is -3.76. The summed E-state index contributed by atoms with van der Waals surface area (Å²) in [6.07, 6.45) is 5.52. The van der Waals surface area contributed by atoms with E-state index in [1.807, 2.05) is 0 Å². The minimum Gasteiger partial charge on any atom is -0.397 e. The lowest BCUT2D eigenvalue weighted by Crippen LogP contribution is -2.44. The van der Waals surface area contributed by atoms with Crippen LogP contribution >= 0.6 is 35.2 Å². The quantitative estimate of drug-likeness (QED) is 0.727. The Labute approximate surface area is 132 Å². The van der Waals surface area contributed by atoms with Crippen molar-refractivity contribution in [3.05, 3.63) is 10.4 Å². The van der Waals surface area contributed by atoms with Crippen LogP contribution in [0.4, 0.5) is 5.69 Å². The fourth-order valence-corrected chi connectivity index (χ4v) is 5.32. The fraction of sp³-hybridized carbons (Fsp3) is 0.545. The predicted octanol–water partition coefficient (Wildman–Crippen LogP) is 2.47. The Balaban J connectivity index is 2.00. The van der Waals surface area contributed by atoms with E-state index < -0.39 is 10.0 Å². The third-order valence-corrected chi connectivity index (χ3v) is 6.63. The van der Waals surface area contributed by atoms with Gasteiger partial charge < -0.3 is 11.1 Å². The second kappa shape index (κ2) is 6.46. The summed E-state index contributed by atoms with van der Waals surface area (Å²) in [5.74, 6) is 0. The van der Waals surface area contributed by atoms with Crippen LogP contribution in [0.1, 0.15) is 32.1 Å². The van der Waals surface area contributed by atoms with Gasteiger partial charge in [-0.05, 0) is 31.1 Å². The van der Waals surface area contributed by atoms with Crippen molar-refractivity contribution in [3.8, 4) is 0 Å². The molecule has 0 atom stereocenters. The zero-order chi connectivity index (χ0) is 14.8. The molecule has 2 rings (SSSR count). The first-order valence-corrected chi connectivity index (χ1v) is 9.35. The third kappa shape index (κ3) is 3.97. The van der Waals surface area contributed by atoms with Gasteiger partial charge in [0.05, 0.1) is 10.0 Å². The molecule has 1 saturated carbocycles. The summed E-state index contributed by atoms with van der Waals surface area (Å²) >= 11 is 11.7. The zero-order valence-electron chi connectivity index (χ0n) is 10.7. The number of anilines is 1. The first-order chi connectivity index (χ1) is 9.38. The number of nitrogen functional groups attached to an aromatic ring is 1. The third-order valence-electron chi connectivity index (χ3n) is 3.11. The molecule has 0 amide bonds. The Kier molecular flexibility index (Phi) is 5.11. The van der Waals surface area contributed by atoms with Crippen molar-refractivity contribution in [3.63, 3.8) is 0 Å². The number of sulfonamides is 1. The average Bonchev–Trinajstić information content (AvgIpc) is 2.69. The SMILES string of the molecule is Nc1cc(Cl)sc1S(=O)(=O)NC(=S)NC1CCCCC1. The molecule has 1 aliphatic rings. The standard InChI is InChI=1S/C11H16ClN3O2S3/c12-9-6-8(13)10(19-9)20(16,17)15-11(18)14-7-4-2-1-3-5-7/h6-7H,1-5,13H2,(H2,14,15,18). The highest BCUT2D eigenvalue weighted by molar-refractivity contribution is 7.93. The number of thiophene rings is 1. The number of nitrogens with one attached hydrogen (secondary N) is 2. The van der Waals surface area contributed by atoms with Crippen LogP contribution in [-0.2, 0) is 10.0 Å². The van der Waals surface area contributed by atoms with E-state index in [0.717, 1.165) is 37.0 Å². The molecule has 0 aromatic carbocycles. The van der Waals surface area contributed by atoms with Crippen LogP contribution in [0.5, 0.6) is 0 Å². The molecule has 0 unspecified atom stereocenters. The molecule has 20 heavy (non-hydrogen) atoms. The van der Waals surface area contributed by atoms with Gasteiger partial charge in [0.25, 0.3) is 10.0 Å². The second-order valence-electron chi connectivity index (χ2n) is 4.71. The van der Waals surface area contributed by atoms with Crippen molar-refractivity contribution in [2.45, 2.75) is 42.4 Å². The minimum absolute atomic E-state index is 0.00436. The molecule has 1 fully saturated rings. The highest BCUT2D eigenvalue weighted by atomic mass is 35.5. The largest absolute Gasteiger partial charge is 0.397 e. The van der Waals surface area contributed by atoms with Crippen LogP contribution in [0, 0.1) is 0 Å². The Morgan fingerprint density at radius 2 is 2.05 bits per heavy atom. The topological polar surface area (TPSA) is 84.2 Å². The van der Waals surface area contributed by atoms with Gasteiger partial charge in [0.1, 0.15) is 0 Å². The number of nitrogens with two attached hydrogens (primary N) is 1. The van der Waals surface area contributed by atoms with E-state index in [1.54, 1.807) is 0 Å². The maximum atomic E-state index is 12.2. The smallest absolute Gasteiger partial charge is 0.275 e. The Morgan fingerprint density at radius 3 is 2.60 bits per heavy atom. The normalized spacial score (nSPS) is 16.9. The number of halogens is 1. The van der Waals surface area contributed by atoms with Crippen LogP contribution < -0.4 is 15.8 Å². The van der Waals surface area contributed by atoms with Gasteiger partial charge in [-0.3, -0.25) is 4.72 Å². The number of rotatable bonds is 3. The van der Waals surface area contributed by atoms with Gasteiger partial charge in [-0.2, -0.15) is 0 Å². The van der Waals surface area contributed by atoms with Crippen molar-refractivity contribution >= 4 is 56.0 Å². The lowest BCUT2D eigenvalue weighted by Gasteiger charge is -2.24. The van der Waals surface area contributed by atoms with E-state index in [2.05, 4.69) is 10.0 Å². The maximum Gasteiger partial charge on any atom is 0.275 e. The van der Waals surface area contributed by atoms with E-state index in [9.17, 15) is 8.42 Å². The van der Waals surface area contributed by atoms with Gasteiger partial charge in [0.15, 0.2) is 9.32 Å². The average molecular weight is 354 g/mol. The summed E-state index contributed by atoms with van der Waals surface area (Å²) in [6.45, 7) is 0. The van der Waals surface area contributed by atoms with Gasteiger partial charge in [-0.15, -0.1) is 11.3 Å². The van der Waals surface area contributed by atoms with E-state index in [0.29, 0.717) is 4.34 Å². The molecular weight excluding hydrogens is 338 g/mol. The van der Waals surface area contributed by atoms with Gasteiger partial charge in [-0.1, -0.05) is 30.9 Å². The Morgan fingerprint density at radius 1 is 1.40 bits per heavy atom. The molecule has 1 aromatic rings. The predicted molar refractivity (Wildman–Crippen MR) is 86.7 cm³/mol. The first-order valence-electron chi connectivity index (χ1n) is 6.26. The number of hydrogen-bond donors (Lipinski definition) is 3. The maximum absolute atomic E-state index is 12.2. The van der Waals surface area contributed by atoms with Crippen LogP contribution in [0.3, 0.4) is 0 Å². The van der Waals surface area contributed by atoms with Crippen LogP contribution in [0.2, 0.25) is 4.34 Å². The fourth-order valence-electron chi connectivity index (χ4n) is 2.20. The summed E-state index contributed by atoms with van der Waals surface area (Å²) in [5, 5.41) is 3.15.